The fourth-order valence-corrected chi connectivity index (χ4v) is 7.45. The number of rotatable bonds is 22. The molecule has 0 aromatic heterocycles. The van der Waals surface area contributed by atoms with E-state index in [-0.39, 0.29) is 89.4 Å². The van der Waals surface area contributed by atoms with E-state index in [4.69, 9.17) is 12.2 Å². The Kier molecular flexibility index (Phi) is 22.2. The first kappa shape index (κ1) is 49.9. The molecule has 1 saturated heterocycles. The molecule has 2 unspecified atom stereocenters. The lowest BCUT2D eigenvalue weighted by atomic mass is 10.0. The van der Waals surface area contributed by atoms with Gasteiger partial charge in [0.25, 0.3) is 0 Å². The normalized spacial score (nSPS) is 16.7. The molecule has 0 radical (unpaired) electrons. The number of carbonyl (C=O) groups excluding carboxylic acids is 1. The number of hydrogen-bond donors (Lipinski definition) is 8. The highest BCUT2D eigenvalue weighted by atomic mass is 127. The van der Waals surface area contributed by atoms with Crippen LogP contribution in [0.1, 0.15) is 43.2 Å². The number of nitrogens with zero attached hydrogens (tertiary/aromatic N) is 4. The summed E-state index contributed by atoms with van der Waals surface area (Å²) in [6.45, 7) is 0.290. The number of thiocarbonyl (C=S) groups is 1. The number of aliphatic carboxylic acids is 5. The van der Waals surface area contributed by atoms with Gasteiger partial charge >= 0.3 is 29.8 Å². The van der Waals surface area contributed by atoms with E-state index >= 15 is 0 Å². The predicted molar refractivity (Wildman–Crippen MR) is 235 cm³/mol. The van der Waals surface area contributed by atoms with Crippen LogP contribution < -0.4 is 16.0 Å². The maximum Gasteiger partial charge on any atom is 0.326 e. The van der Waals surface area contributed by atoms with Crippen molar-refractivity contribution < 1.29 is 54.3 Å². The number of carboxylic acids is 5. The van der Waals surface area contributed by atoms with E-state index in [1.165, 1.54) is 5.56 Å². The van der Waals surface area contributed by atoms with Crippen molar-refractivity contribution in [2.45, 2.75) is 57.0 Å². The molecule has 8 N–H and O–H groups in total. The highest BCUT2D eigenvalue weighted by Crippen LogP contribution is 2.17. The van der Waals surface area contributed by atoms with E-state index in [1.807, 2.05) is 12.1 Å². The van der Waals surface area contributed by atoms with Gasteiger partial charge in [-0.15, -0.1) is 0 Å². The molecule has 18 nitrogen and oxygen atoms in total. The molecule has 1 amide bonds. The first-order chi connectivity index (χ1) is 28.6. The summed E-state index contributed by atoms with van der Waals surface area (Å²) in [5, 5.41) is 57.2. The Bertz CT molecular complexity index is 1740. The molecule has 1 aliphatic heterocycles. The standard InChI is InChI=1S/C40H56IN7O11S/c41-30-11-7-28(8-12-30)4-3-6-34(49)42-15-2-1-5-33(39(58)59)44-40(60)43-31-13-9-29(10-14-31)22-32-23-47(26-37(54)55)19-18-45(24-35(50)51)16-17-46(25-36(52)53)20-21-48(32)27-38(56)57/h7-14,32-33H,1-6,15-27H2,(H,42,49)(H,50,51)(H,52,53)(H,54,55)(H,56,57)(H,58,59)(H2,43,44,60). The predicted octanol–water partition coefficient (Wildman–Crippen LogP) is 1.81. The molecule has 1 heterocycles. The fourth-order valence-electron chi connectivity index (χ4n) is 6.83. The maximum atomic E-state index is 12.3. The largest absolute Gasteiger partial charge is 0.480 e. The van der Waals surface area contributed by atoms with Crippen LogP contribution in [0.2, 0.25) is 0 Å². The minimum Gasteiger partial charge on any atom is -0.480 e. The molecular formula is C40H56IN7O11S. The first-order valence-electron chi connectivity index (χ1n) is 19.7. The zero-order valence-electron chi connectivity index (χ0n) is 33.5. The molecule has 3 rings (SSSR count). The summed E-state index contributed by atoms with van der Waals surface area (Å²) in [5.41, 5.74) is 2.51. The van der Waals surface area contributed by atoms with Gasteiger partial charge in [0, 0.05) is 74.1 Å². The van der Waals surface area contributed by atoms with Crippen molar-refractivity contribution in [2.75, 3.05) is 83.9 Å². The Labute approximate surface area is 368 Å². The van der Waals surface area contributed by atoms with Crippen LogP contribution in [-0.4, -0.2) is 177 Å². The average Bonchev–Trinajstić information content (AvgIpc) is 3.16. The molecule has 0 saturated carbocycles. The Morgan fingerprint density at radius 2 is 1.22 bits per heavy atom. The Morgan fingerprint density at radius 3 is 1.78 bits per heavy atom. The molecule has 330 valence electrons. The minimum absolute atomic E-state index is 0.0424. The van der Waals surface area contributed by atoms with Crippen molar-refractivity contribution in [3.05, 3.63) is 63.2 Å². The Balaban J connectivity index is 1.60. The summed E-state index contributed by atoms with van der Waals surface area (Å²) < 4.78 is 1.16. The lowest BCUT2D eigenvalue weighted by Gasteiger charge is -2.37. The van der Waals surface area contributed by atoms with Gasteiger partial charge in [0.15, 0.2) is 5.11 Å². The number of carboxylic acid groups (broad SMARTS) is 5. The molecule has 0 aliphatic carbocycles. The summed E-state index contributed by atoms with van der Waals surface area (Å²) >= 11 is 7.67. The van der Waals surface area contributed by atoms with Gasteiger partial charge in [0.05, 0.1) is 26.2 Å². The van der Waals surface area contributed by atoms with Crippen molar-refractivity contribution in [2.24, 2.45) is 0 Å². The number of carbonyl (C=O) groups is 6. The van der Waals surface area contributed by atoms with E-state index in [0.29, 0.717) is 37.9 Å². The number of unbranched alkanes of at least 4 members (excludes halogenated alkanes) is 1. The lowest BCUT2D eigenvalue weighted by molar-refractivity contribution is -0.142. The van der Waals surface area contributed by atoms with Gasteiger partial charge in [-0.05, 0) is 109 Å². The highest BCUT2D eigenvalue weighted by Gasteiger charge is 2.28. The van der Waals surface area contributed by atoms with E-state index < -0.39 is 41.9 Å². The second kappa shape index (κ2) is 26.7. The lowest BCUT2D eigenvalue weighted by Crippen LogP contribution is -2.53. The summed E-state index contributed by atoms with van der Waals surface area (Å²) in [7, 11) is 0. The summed E-state index contributed by atoms with van der Waals surface area (Å²) in [6, 6.07) is 13.7. The second-order valence-corrected chi connectivity index (χ2v) is 16.4. The topological polar surface area (TPSA) is 253 Å². The highest BCUT2D eigenvalue weighted by molar-refractivity contribution is 14.1. The third-order valence-corrected chi connectivity index (χ3v) is 10.8. The van der Waals surface area contributed by atoms with Crippen LogP contribution in [0.3, 0.4) is 0 Å². The SMILES string of the molecule is O=C(O)CN1CCN(CC(=O)O)CCN(CC(=O)O)C(Cc2ccc(NC(=S)NC(CCCCNC(=O)CCCc3ccc(I)cc3)C(=O)O)cc2)CN(CC(=O)O)CC1. The molecule has 2 aromatic rings. The van der Waals surface area contributed by atoms with Crippen molar-refractivity contribution in [1.82, 2.24) is 30.2 Å². The number of aryl methyl sites for hydroxylation is 1. The van der Waals surface area contributed by atoms with Crippen molar-refractivity contribution >= 4 is 81.4 Å². The summed E-state index contributed by atoms with van der Waals surface area (Å²) in [6.07, 6.45) is 3.65. The van der Waals surface area contributed by atoms with Crippen molar-refractivity contribution in [3.8, 4) is 0 Å². The quantitative estimate of drug-likeness (QED) is 0.0476. The summed E-state index contributed by atoms with van der Waals surface area (Å²) in [4.78, 5) is 78.1. The number of hydrogen-bond acceptors (Lipinski definition) is 11. The Morgan fingerprint density at radius 1 is 0.683 bits per heavy atom. The van der Waals surface area contributed by atoms with Gasteiger partial charge in [0.1, 0.15) is 6.04 Å². The van der Waals surface area contributed by atoms with E-state index in [9.17, 15) is 54.3 Å². The third kappa shape index (κ3) is 20.7. The molecule has 1 fully saturated rings. The van der Waals surface area contributed by atoms with Crippen LogP contribution >= 0.6 is 34.8 Å². The molecule has 1 aliphatic rings. The van der Waals surface area contributed by atoms with Gasteiger partial charge in [-0.1, -0.05) is 24.3 Å². The molecule has 60 heavy (non-hydrogen) atoms. The number of amides is 1. The van der Waals surface area contributed by atoms with Crippen LogP contribution in [0.25, 0.3) is 0 Å². The number of nitrogens with one attached hydrogen (secondary N) is 3. The number of benzene rings is 2. The monoisotopic (exact) mass is 969 g/mol. The van der Waals surface area contributed by atoms with Gasteiger partial charge in [-0.25, -0.2) is 4.79 Å². The zero-order valence-corrected chi connectivity index (χ0v) is 36.4. The van der Waals surface area contributed by atoms with Crippen LogP contribution in [0.4, 0.5) is 5.69 Å². The second-order valence-electron chi connectivity index (χ2n) is 14.7. The smallest absolute Gasteiger partial charge is 0.326 e. The molecule has 2 aromatic carbocycles. The van der Waals surface area contributed by atoms with E-state index in [0.717, 1.165) is 22.0 Å². The van der Waals surface area contributed by atoms with Gasteiger partial charge in [0.2, 0.25) is 5.91 Å². The average molecular weight is 970 g/mol. The van der Waals surface area contributed by atoms with E-state index in [1.54, 1.807) is 43.9 Å². The molecule has 2 atom stereocenters. The van der Waals surface area contributed by atoms with Crippen molar-refractivity contribution in [1.29, 1.82) is 0 Å². The van der Waals surface area contributed by atoms with Gasteiger partial charge in [-0.3, -0.25) is 43.6 Å². The molecule has 20 heteroatoms. The molecular weight excluding hydrogens is 913 g/mol. The van der Waals surface area contributed by atoms with Crippen LogP contribution in [0, 0.1) is 3.57 Å². The van der Waals surface area contributed by atoms with Gasteiger partial charge in [-0.2, -0.15) is 0 Å². The number of anilines is 1. The molecule has 0 bridgehead atoms. The minimum atomic E-state index is -1.11. The van der Waals surface area contributed by atoms with Gasteiger partial charge < -0.3 is 41.5 Å². The van der Waals surface area contributed by atoms with E-state index in [2.05, 4.69) is 50.7 Å². The van der Waals surface area contributed by atoms with Crippen molar-refractivity contribution in [3.63, 3.8) is 0 Å². The molecule has 0 spiro atoms. The summed E-state index contributed by atoms with van der Waals surface area (Å²) in [5.74, 6) is -5.49. The Hall–Kier alpha value is -4.48. The van der Waals surface area contributed by atoms with Crippen LogP contribution in [-0.2, 0) is 41.6 Å². The third-order valence-electron chi connectivity index (χ3n) is 9.88. The number of halogens is 1. The maximum absolute atomic E-state index is 12.3. The van der Waals surface area contributed by atoms with Crippen LogP contribution in [0.5, 0.6) is 0 Å². The van der Waals surface area contributed by atoms with Crippen LogP contribution in [0.15, 0.2) is 48.5 Å². The zero-order chi connectivity index (χ0) is 44.0. The fraction of sp³-hybridized carbons (Fsp3) is 0.525. The first-order valence-corrected chi connectivity index (χ1v) is 21.2.